The van der Waals surface area contributed by atoms with Crippen molar-refractivity contribution in [3.8, 4) is 0 Å². The van der Waals surface area contributed by atoms with Crippen molar-refractivity contribution in [1.29, 1.82) is 0 Å². The molecule has 16 heavy (non-hydrogen) atoms. The Bertz CT molecular complexity index is 318. The number of halogens is 2. The van der Waals surface area contributed by atoms with Gasteiger partial charge >= 0.3 is 0 Å². The van der Waals surface area contributed by atoms with Gasteiger partial charge in [0, 0.05) is 24.1 Å². The SMILES string of the molecule is CCCNCCNCc1ccc(F)cc1Br. The van der Waals surface area contributed by atoms with Gasteiger partial charge in [-0.15, -0.1) is 0 Å². The molecule has 0 aliphatic carbocycles. The van der Waals surface area contributed by atoms with Gasteiger partial charge < -0.3 is 10.6 Å². The van der Waals surface area contributed by atoms with E-state index in [2.05, 4.69) is 33.5 Å². The normalized spacial score (nSPS) is 10.7. The van der Waals surface area contributed by atoms with Crippen molar-refractivity contribution in [1.82, 2.24) is 10.6 Å². The highest BCUT2D eigenvalue weighted by Crippen LogP contribution is 2.17. The first-order valence-corrected chi connectivity index (χ1v) is 6.38. The largest absolute Gasteiger partial charge is 0.315 e. The van der Waals surface area contributed by atoms with Gasteiger partial charge in [0.25, 0.3) is 0 Å². The third kappa shape index (κ3) is 5.05. The highest BCUT2D eigenvalue weighted by atomic mass is 79.9. The van der Waals surface area contributed by atoms with Crippen LogP contribution in [0.4, 0.5) is 4.39 Å². The van der Waals surface area contributed by atoms with Crippen LogP contribution in [0.5, 0.6) is 0 Å². The predicted octanol–water partition coefficient (Wildman–Crippen LogP) is 2.68. The van der Waals surface area contributed by atoms with E-state index in [4.69, 9.17) is 0 Å². The van der Waals surface area contributed by atoms with Gasteiger partial charge in [0.1, 0.15) is 5.82 Å². The Morgan fingerprint density at radius 2 is 1.94 bits per heavy atom. The van der Waals surface area contributed by atoms with E-state index in [1.165, 1.54) is 12.1 Å². The minimum absolute atomic E-state index is 0.208. The maximum Gasteiger partial charge on any atom is 0.124 e. The van der Waals surface area contributed by atoms with Crippen molar-refractivity contribution in [2.24, 2.45) is 0 Å². The van der Waals surface area contributed by atoms with E-state index in [-0.39, 0.29) is 5.82 Å². The second-order valence-corrected chi connectivity index (χ2v) is 4.52. The monoisotopic (exact) mass is 288 g/mol. The summed E-state index contributed by atoms with van der Waals surface area (Å²) < 4.78 is 13.6. The molecule has 0 aliphatic heterocycles. The Balaban J connectivity index is 2.21. The van der Waals surface area contributed by atoms with Crippen LogP contribution < -0.4 is 10.6 Å². The molecule has 90 valence electrons. The van der Waals surface area contributed by atoms with Gasteiger partial charge in [-0.05, 0) is 30.7 Å². The van der Waals surface area contributed by atoms with Gasteiger partial charge in [-0.1, -0.05) is 28.9 Å². The molecule has 0 saturated carbocycles. The highest BCUT2D eigenvalue weighted by molar-refractivity contribution is 9.10. The second-order valence-electron chi connectivity index (χ2n) is 3.66. The molecule has 2 nitrogen and oxygen atoms in total. The van der Waals surface area contributed by atoms with E-state index < -0.39 is 0 Å². The number of rotatable bonds is 7. The molecule has 0 saturated heterocycles. The summed E-state index contributed by atoms with van der Waals surface area (Å²) in [7, 11) is 0. The second kappa shape index (κ2) is 7.76. The van der Waals surface area contributed by atoms with Crippen LogP contribution in [0.1, 0.15) is 18.9 Å². The maximum atomic E-state index is 12.8. The van der Waals surface area contributed by atoms with Gasteiger partial charge in [-0.25, -0.2) is 4.39 Å². The van der Waals surface area contributed by atoms with Crippen molar-refractivity contribution < 1.29 is 4.39 Å². The van der Waals surface area contributed by atoms with Crippen LogP contribution in [0.2, 0.25) is 0 Å². The number of nitrogens with one attached hydrogen (secondary N) is 2. The average Bonchev–Trinajstić information content (AvgIpc) is 2.26. The Morgan fingerprint density at radius 1 is 1.19 bits per heavy atom. The van der Waals surface area contributed by atoms with Gasteiger partial charge in [0.05, 0.1) is 0 Å². The summed E-state index contributed by atoms with van der Waals surface area (Å²) in [6, 6.07) is 4.77. The molecule has 0 bridgehead atoms. The lowest BCUT2D eigenvalue weighted by Gasteiger charge is -2.07. The lowest BCUT2D eigenvalue weighted by atomic mass is 10.2. The molecule has 0 aromatic heterocycles. The summed E-state index contributed by atoms with van der Waals surface area (Å²) in [6.07, 6.45) is 1.16. The lowest BCUT2D eigenvalue weighted by Crippen LogP contribution is -2.27. The Morgan fingerprint density at radius 3 is 2.62 bits per heavy atom. The Labute approximate surface area is 105 Å². The number of hydrogen-bond donors (Lipinski definition) is 2. The maximum absolute atomic E-state index is 12.8. The zero-order valence-corrected chi connectivity index (χ0v) is 11.1. The fraction of sp³-hybridized carbons (Fsp3) is 0.500. The van der Waals surface area contributed by atoms with Crippen molar-refractivity contribution in [3.63, 3.8) is 0 Å². The molecule has 2 N–H and O–H groups in total. The summed E-state index contributed by atoms with van der Waals surface area (Å²) in [5.41, 5.74) is 1.08. The van der Waals surface area contributed by atoms with Crippen molar-refractivity contribution >= 4 is 15.9 Å². The van der Waals surface area contributed by atoms with E-state index in [0.717, 1.165) is 42.6 Å². The lowest BCUT2D eigenvalue weighted by molar-refractivity contribution is 0.602. The molecule has 0 spiro atoms. The highest BCUT2D eigenvalue weighted by Gasteiger charge is 2.00. The molecule has 1 aromatic rings. The van der Waals surface area contributed by atoms with Crippen LogP contribution in [0.15, 0.2) is 22.7 Å². The van der Waals surface area contributed by atoms with Crippen LogP contribution in [-0.4, -0.2) is 19.6 Å². The first-order valence-electron chi connectivity index (χ1n) is 5.59. The average molecular weight is 289 g/mol. The van der Waals surface area contributed by atoms with E-state index >= 15 is 0 Å². The molecule has 0 unspecified atom stereocenters. The molecule has 0 radical (unpaired) electrons. The molecule has 1 rings (SSSR count). The Kier molecular flexibility index (Phi) is 6.61. The third-order valence-corrected chi connectivity index (χ3v) is 2.97. The third-order valence-electron chi connectivity index (χ3n) is 2.24. The first-order chi connectivity index (χ1) is 7.74. The van der Waals surface area contributed by atoms with E-state index in [1.54, 1.807) is 6.07 Å². The fourth-order valence-corrected chi connectivity index (χ4v) is 1.86. The molecular weight excluding hydrogens is 271 g/mol. The Hall–Kier alpha value is -0.450. The minimum Gasteiger partial charge on any atom is -0.315 e. The molecular formula is C12H18BrFN2. The molecule has 0 heterocycles. The first kappa shape index (κ1) is 13.6. The summed E-state index contributed by atoms with van der Waals surface area (Å²) in [5.74, 6) is -0.208. The van der Waals surface area contributed by atoms with Crippen LogP contribution >= 0.6 is 15.9 Å². The van der Waals surface area contributed by atoms with Crippen LogP contribution in [0.3, 0.4) is 0 Å². The topological polar surface area (TPSA) is 24.1 Å². The molecule has 0 amide bonds. The molecule has 0 atom stereocenters. The summed E-state index contributed by atoms with van der Waals surface area (Å²) in [6.45, 7) is 5.85. The van der Waals surface area contributed by atoms with Gasteiger partial charge in [-0.3, -0.25) is 0 Å². The van der Waals surface area contributed by atoms with E-state index in [9.17, 15) is 4.39 Å². The summed E-state index contributed by atoms with van der Waals surface area (Å²) in [4.78, 5) is 0. The van der Waals surface area contributed by atoms with Crippen LogP contribution in [-0.2, 0) is 6.54 Å². The fourth-order valence-electron chi connectivity index (χ4n) is 1.37. The van der Waals surface area contributed by atoms with Crippen molar-refractivity contribution in [2.75, 3.05) is 19.6 Å². The molecule has 0 aliphatic rings. The summed E-state index contributed by atoms with van der Waals surface area (Å²) >= 11 is 3.35. The zero-order chi connectivity index (χ0) is 11.8. The molecule has 1 aromatic carbocycles. The van der Waals surface area contributed by atoms with Crippen LogP contribution in [0.25, 0.3) is 0 Å². The predicted molar refractivity (Wildman–Crippen MR) is 69.0 cm³/mol. The van der Waals surface area contributed by atoms with Gasteiger partial charge in [0.15, 0.2) is 0 Å². The van der Waals surface area contributed by atoms with Crippen LogP contribution in [0, 0.1) is 5.82 Å². The van der Waals surface area contributed by atoms with Crippen molar-refractivity contribution in [3.05, 3.63) is 34.1 Å². The quantitative estimate of drug-likeness (QED) is 0.754. The molecule has 4 heteroatoms. The van der Waals surface area contributed by atoms with Gasteiger partial charge in [0.2, 0.25) is 0 Å². The summed E-state index contributed by atoms with van der Waals surface area (Å²) in [5, 5.41) is 6.62. The number of benzene rings is 1. The number of hydrogen-bond acceptors (Lipinski definition) is 2. The molecule has 0 fully saturated rings. The smallest absolute Gasteiger partial charge is 0.124 e. The van der Waals surface area contributed by atoms with Crippen molar-refractivity contribution in [2.45, 2.75) is 19.9 Å². The van der Waals surface area contributed by atoms with E-state index in [0.29, 0.717) is 0 Å². The van der Waals surface area contributed by atoms with E-state index in [1.807, 2.05) is 0 Å². The standard InChI is InChI=1S/C12H18BrFN2/c1-2-5-15-6-7-16-9-10-3-4-11(14)8-12(10)13/h3-4,8,15-16H,2,5-7,9H2,1H3. The zero-order valence-electron chi connectivity index (χ0n) is 9.52. The minimum atomic E-state index is -0.208. The van der Waals surface area contributed by atoms with Gasteiger partial charge in [-0.2, -0.15) is 0 Å².